The van der Waals surface area contributed by atoms with Crippen LogP contribution in [-0.4, -0.2) is 10.9 Å². The fourth-order valence-electron chi connectivity index (χ4n) is 0.872. The molecule has 0 bridgehead atoms. The van der Waals surface area contributed by atoms with Crippen molar-refractivity contribution in [2.75, 3.05) is 5.32 Å². The van der Waals surface area contributed by atoms with E-state index >= 15 is 0 Å². The van der Waals surface area contributed by atoms with Crippen LogP contribution in [0.2, 0.25) is 0 Å². The fraction of sp³-hybridized carbons (Fsp3) is 0.400. The van der Waals surface area contributed by atoms with Crippen molar-refractivity contribution in [1.29, 1.82) is 0 Å². The molecule has 15 heavy (non-hydrogen) atoms. The van der Waals surface area contributed by atoms with Gasteiger partial charge in [0, 0.05) is 15.2 Å². The first-order valence-corrected chi connectivity index (χ1v) is 5.59. The van der Waals surface area contributed by atoms with Crippen LogP contribution in [0.1, 0.15) is 20.8 Å². The molecule has 1 heterocycles. The summed E-state index contributed by atoms with van der Waals surface area (Å²) in [4.78, 5) is 25.6. The molecule has 0 saturated carbocycles. The molecular weight excluding hydrogens is 307 g/mol. The molecule has 1 aromatic heterocycles. The highest BCUT2D eigenvalue weighted by atomic mass is 127. The summed E-state index contributed by atoms with van der Waals surface area (Å²) in [6.45, 7) is 5.39. The summed E-state index contributed by atoms with van der Waals surface area (Å²) in [5.74, 6) is -0.169. The lowest BCUT2D eigenvalue weighted by Crippen LogP contribution is -2.30. The predicted molar refractivity (Wildman–Crippen MR) is 67.9 cm³/mol. The second kappa shape index (κ2) is 4.34. The third-order valence-corrected chi connectivity index (χ3v) is 2.73. The van der Waals surface area contributed by atoms with Gasteiger partial charge in [-0.25, -0.2) is 0 Å². The molecule has 1 amide bonds. The van der Waals surface area contributed by atoms with E-state index in [4.69, 9.17) is 0 Å². The average Bonchev–Trinajstić information content (AvgIpc) is 2.09. The SMILES string of the molecule is CC(C)(C)C(=O)Nc1c(I)cc[nH]c1=O. The van der Waals surface area contributed by atoms with Gasteiger partial charge in [0.2, 0.25) is 5.91 Å². The molecule has 0 fully saturated rings. The van der Waals surface area contributed by atoms with Crippen LogP contribution in [0.4, 0.5) is 5.69 Å². The predicted octanol–water partition coefficient (Wildman–Crippen LogP) is 1.96. The maximum atomic E-state index is 11.7. The zero-order chi connectivity index (χ0) is 11.6. The standard InChI is InChI=1S/C10H13IN2O2/c1-10(2,3)9(15)13-7-6(11)4-5-12-8(7)14/h4-5H,1-3H3,(H,12,14)(H,13,15). The highest BCUT2D eigenvalue weighted by Gasteiger charge is 2.22. The lowest BCUT2D eigenvalue weighted by atomic mass is 9.95. The van der Waals surface area contributed by atoms with Gasteiger partial charge in [0.05, 0.1) is 0 Å². The number of hydrogen-bond acceptors (Lipinski definition) is 2. The van der Waals surface area contributed by atoms with Crippen molar-refractivity contribution in [2.45, 2.75) is 20.8 Å². The Morgan fingerprint density at radius 2 is 2.07 bits per heavy atom. The van der Waals surface area contributed by atoms with Crippen LogP contribution in [0.3, 0.4) is 0 Å². The lowest BCUT2D eigenvalue weighted by Gasteiger charge is -2.17. The number of aromatic nitrogens is 1. The minimum atomic E-state index is -0.509. The van der Waals surface area contributed by atoms with E-state index in [1.807, 2.05) is 22.6 Å². The minimum Gasteiger partial charge on any atom is -0.327 e. The first kappa shape index (κ1) is 12.2. The molecule has 0 unspecified atom stereocenters. The van der Waals surface area contributed by atoms with Crippen molar-refractivity contribution in [3.05, 3.63) is 26.2 Å². The van der Waals surface area contributed by atoms with Gasteiger partial charge in [0.25, 0.3) is 5.56 Å². The van der Waals surface area contributed by atoms with Crippen LogP contribution in [0.5, 0.6) is 0 Å². The van der Waals surface area contributed by atoms with Crippen molar-refractivity contribution in [3.8, 4) is 0 Å². The molecule has 0 atom stereocenters. The van der Waals surface area contributed by atoms with Crippen molar-refractivity contribution >= 4 is 34.2 Å². The number of amides is 1. The number of halogens is 1. The Labute approximate surface area is 102 Å². The number of anilines is 1. The molecule has 82 valence electrons. The third kappa shape index (κ3) is 3.05. The molecule has 0 spiro atoms. The third-order valence-electron chi connectivity index (χ3n) is 1.83. The average molecular weight is 320 g/mol. The van der Waals surface area contributed by atoms with E-state index in [1.54, 1.807) is 33.0 Å². The van der Waals surface area contributed by atoms with Crippen LogP contribution in [0, 0.1) is 8.99 Å². The van der Waals surface area contributed by atoms with E-state index < -0.39 is 5.41 Å². The molecule has 1 aromatic rings. The molecule has 0 aliphatic heterocycles. The highest BCUT2D eigenvalue weighted by molar-refractivity contribution is 14.1. The number of carbonyl (C=O) groups excluding carboxylic acids is 1. The number of hydrogen-bond donors (Lipinski definition) is 2. The van der Waals surface area contributed by atoms with Crippen LogP contribution in [0.25, 0.3) is 0 Å². The summed E-state index contributed by atoms with van der Waals surface area (Å²) >= 11 is 2.01. The first-order chi connectivity index (χ1) is 6.82. The number of nitrogens with one attached hydrogen (secondary N) is 2. The van der Waals surface area contributed by atoms with Crippen molar-refractivity contribution < 1.29 is 4.79 Å². The second-order valence-corrected chi connectivity index (χ2v) is 5.40. The summed E-state index contributed by atoms with van der Waals surface area (Å²) in [6, 6.07) is 1.74. The summed E-state index contributed by atoms with van der Waals surface area (Å²) < 4.78 is 0.731. The number of pyridine rings is 1. The number of aromatic amines is 1. The molecule has 2 N–H and O–H groups in total. The second-order valence-electron chi connectivity index (χ2n) is 4.23. The molecule has 5 heteroatoms. The molecule has 0 aliphatic rings. The lowest BCUT2D eigenvalue weighted by molar-refractivity contribution is -0.123. The Hall–Kier alpha value is -0.850. The Balaban J connectivity index is 3.01. The van der Waals surface area contributed by atoms with Gasteiger partial charge in [-0.15, -0.1) is 0 Å². The maximum absolute atomic E-state index is 11.7. The first-order valence-electron chi connectivity index (χ1n) is 4.51. The summed E-state index contributed by atoms with van der Waals surface area (Å²) in [7, 11) is 0. The van der Waals surface area contributed by atoms with Gasteiger partial charge >= 0.3 is 0 Å². The van der Waals surface area contributed by atoms with Gasteiger partial charge in [0.15, 0.2) is 0 Å². The van der Waals surface area contributed by atoms with Crippen molar-refractivity contribution in [2.24, 2.45) is 5.41 Å². The van der Waals surface area contributed by atoms with Gasteiger partial charge in [-0.2, -0.15) is 0 Å². The molecule has 0 aromatic carbocycles. The van der Waals surface area contributed by atoms with Gasteiger partial charge in [-0.3, -0.25) is 9.59 Å². The summed E-state index contributed by atoms with van der Waals surface area (Å²) in [6.07, 6.45) is 1.55. The Morgan fingerprint density at radius 3 is 2.53 bits per heavy atom. The molecule has 0 radical (unpaired) electrons. The van der Waals surface area contributed by atoms with Crippen LogP contribution in [-0.2, 0) is 4.79 Å². The van der Waals surface area contributed by atoms with Crippen LogP contribution in [0.15, 0.2) is 17.1 Å². The van der Waals surface area contributed by atoms with Gasteiger partial charge < -0.3 is 10.3 Å². The van der Waals surface area contributed by atoms with Gasteiger partial charge in [-0.05, 0) is 28.7 Å². The Morgan fingerprint density at radius 1 is 1.47 bits per heavy atom. The van der Waals surface area contributed by atoms with E-state index in [1.165, 1.54) is 0 Å². The Bertz CT molecular complexity index is 432. The molecule has 4 nitrogen and oxygen atoms in total. The monoisotopic (exact) mass is 320 g/mol. The number of rotatable bonds is 1. The number of carbonyl (C=O) groups is 1. The van der Waals surface area contributed by atoms with Crippen LogP contribution < -0.4 is 10.9 Å². The smallest absolute Gasteiger partial charge is 0.272 e. The molecule has 1 rings (SSSR count). The largest absolute Gasteiger partial charge is 0.327 e. The van der Waals surface area contributed by atoms with E-state index in [2.05, 4.69) is 10.3 Å². The molecule has 0 saturated heterocycles. The minimum absolute atomic E-state index is 0.169. The van der Waals surface area contributed by atoms with Crippen molar-refractivity contribution in [1.82, 2.24) is 4.98 Å². The van der Waals surface area contributed by atoms with E-state index in [0.717, 1.165) is 3.57 Å². The topological polar surface area (TPSA) is 62.0 Å². The Kier molecular flexibility index (Phi) is 3.54. The summed E-state index contributed by atoms with van der Waals surface area (Å²) in [5.41, 5.74) is -0.469. The fourth-order valence-corrected chi connectivity index (χ4v) is 1.43. The molecule has 0 aliphatic carbocycles. The van der Waals surface area contributed by atoms with Gasteiger partial charge in [0.1, 0.15) is 5.69 Å². The number of H-pyrrole nitrogens is 1. The van der Waals surface area contributed by atoms with E-state index in [0.29, 0.717) is 5.69 Å². The quantitative estimate of drug-likeness (QED) is 0.777. The zero-order valence-electron chi connectivity index (χ0n) is 8.85. The van der Waals surface area contributed by atoms with Crippen LogP contribution >= 0.6 is 22.6 Å². The molecular formula is C10H13IN2O2. The maximum Gasteiger partial charge on any atom is 0.272 e. The summed E-state index contributed by atoms with van der Waals surface area (Å²) in [5, 5.41) is 2.63. The van der Waals surface area contributed by atoms with E-state index in [9.17, 15) is 9.59 Å². The van der Waals surface area contributed by atoms with Crippen molar-refractivity contribution in [3.63, 3.8) is 0 Å². The van der Waals surface area contributed by atoms with Gasteiger partial charge in [-0.1, -0.05) is 20.8 Å². The zero-order valence-corrected chi connectivity index (χ0v) is 11.0. The normalized spacial score (nSPS) is 11.2. The van der Waals surface area contributed by atoms with E-state index in [-0.39, 0.29) is 11.5 Å². The highest BCUT2D eigenvalue weighted by Crippen LogP contribution is 2.18.